The van der Waals surface area contributed by atoms with Crippen LogP contribution >= 0.6 is 23.1 Å². The summed E-state index contributed by atoms with van der Waals surface area (Å²) in [4.78, 5) is 16.9. The summed E-state index contributed by atoms with van der Waals surface area (Å²) in [6.07, 6.45) is 0. The summed E-state index contributed by atoms with van der Waals surface area (Å²) < 4.78 is 25.4. The van der Waals surface area contributed by atoms with E-state index in [2.05, 4.69) is 25.8 Å². The molecule has 0 bridgehead atoms. The number of rotatable bonds is 8. The molecule has 2 aromatic carbocycles. The molecule has 0 spiro atoms. The van der Waals surface area contributed by atoms with Gasteiger partial charge >= 0.3 is 0 Å². The molecule has 0 saturated heterocycles. The molecule has 2 aromatic heterocycles. The third-order valence-electron chi connectivity index (χ3n) is 4.26. The monoisotopic (exact) mass is 472 g/mol. The Kier molecular flexibility index (Phi) is 6.61. The summed E-state index contributed by atoms with van der Waals surface area (Å²) in [7, 11) is 3.14. The lowest BCUT2D eigenvalue weighted by Crippen LogP contribution is -2.14. The average molecular weight is 473 g/mol. The van der Waals surface area contributed by atoms with Crippen molar-refractivity contribution in [3.8, 4) is 28.4 Å². The Bertz CT molecular complexity index is 1250. The first-order chi connectivity index (χ1) is 15.6. The topological polar surface area (TPSA) is 104 Å². The lowest BCUT2D eigenvalue weighted by atomic mass is 10.1. The van der Waals surface area contributed by atoms with Gasteiger partial charge in [0.1, 0.15) is 5.82 Å². The molecule has 0 radical (unpaired) electrons. The maximum atomic E-state index is 13.5. The van der Waals surface area contributed by atoms with Gasteiger partial charge in [0.25, 0.3) is 0 Å². The molecule has 9 nitrogen and oxygen atoms in total. The molecule has 0 aliphatic rings. The van der Waals surface area contributed by atoms with Gasteiger partial charge in [-0.25, -0.2) is 9.37 Å². The maximum absolute atomic E-state index is 13.5. The van der Waals surface area contributed by atoms with Gasteiger partial charge < -0.3 is 14.8 Å². The lowest BCUT2D eigenvalue weighted by molar-refractivity contribution is -0.113. The zero-order valence-electron chi connectivity index (χ0n) is 17.0. The van der Waals surface area contributed by atoms with E-state index in [4.69, 9.17) is 9.47 Å². The first-order valence-corrected chi connectivity index (χ1v) is 11.1. The van der Waals surface area contributed by atoms with Crippen molar-refractivity contribution in [1.82, 2.24) is 25.2 Å². The molecule has 0 unspecified atom stereocenters. The van der Waals surface area contributed by atoms with Crippen molar-refractivity contribution in [2.24, 2.45) is 0 Å². The van der Waals surface area contributed by atoms with E-state index in [9.17, 15) is 9.18 Å². The van der Waals surface area contributed by atoms with Crippen LogP contribution in [0.4, 0.5) is 9.52 Å². The van der Waals surface area contributed by atoms with Crippen molar-refractivity contribution in [3.63, 3.8) is 0 Å². The number of amides is 1. The number of carbonyl (C=O) groups is 1. The number of methoxy groups -OCH3 is 2. The fourth-order valence-electron chi connectivity index (χ4n) is 2.78. The average Bonchev–Trinajstić information content (AvgIpc) is 3.47. The van der Waals surface area contributed by atoms with Crippen LogP contribution in [0.5, 0.6) is 11.5 Å². The van der Waals surface area contributed by atoms with Gasteiger partial charge in [-0.15, -0.1) is 16.4 Å². The van der Waals surface area contributed by atoms with Gasteiger partial charge in [-0.3, -0.25) is 4.79 Å². The van der Waals surface area contributed by atoms with Crippen LogP contribution in [0.25, 0.3) is 16.9 Å². The third kappa shape index (κ3) is 4.86. The van der Waals surface area contributed by atoms with Gasteiger partial charge in [-0.2, -0.15) is 4.68 Å². The quantitative estimate of drug-likeness (QED) is 0.388. The maximum Gasteiger partial charge on any atom is 0.236 e. The summed E-state index contributed by atoms with van der Waals surface area (Å²) >= 11 is 2.44. The molecular formula is C20H17FN6O3S2. The molecule has 0 fully saturated rings. The number of tetrazole rings is 1. The Morgan fingerprint density at radius 2 is 2.03 bits per heavy atom. The van der Waals surface area contributed by atoms with E-state index in [-0.39, 0.29) is 11.7 Å². The van der Waals surface area contributed by atoms with Crippen molar-refractivity contribution in [3.05, 3.63) is 53.7 Å². The fourth-order valence-corrected chi connectivity index (χ4v) is 4.21. The fraction of sp³-hybridized carbons (Fsp3) is 0.150. The minimum atomic E-state index is -0.402. The van der Waals surface area contributed by atoms with Crippen LogP contribution in [0.15, 0.2) is 53.0 Å². The number of halogens is 1. The Morgan fingerprint density at radius 1 is 1.19 bits per heavy atom. The summed E-state index contributed by atoms with van der Waals surface area (Å²) in [5.41, 5.74) is 2.01. The van der Waals surface area contributed by atoms with Crippen molar-refractivity contribution >= 4 is 34.1 Å². The number of hydrogen-bond acceptors (Lipinski definition) is 9. The SMILES string of the molecule is COc1ccc(-c2csc(NC(=O)CSc3nnnn3-c3cccc(F)c3)n2)cc1OC. The minimum Gasteiger partial charge on any atom is -0.493 e. The van der Waals surface area contributed by atoms with E-state index in [0.29, 0.717) is 33.2 Å². The molecule has 164 valence electrons. The van der Waals surface area contributed by atoms with Gasteiger partial charge in [-0.1, -0.05) is 17.8 Å². The molecule has 1 N–H and O–H groups in total. The molecule has 32 heavy (non-hydrogen) atoms. The predicted molar refractivity (Wildman–Crippen MR) is 119 cm³/mol. The van der Waals surface area contributed by atoms with Crippen LogP contribution in [0.1, 0.15) is 0 Å². The van der Waals surface area contributed by atoms with Crippen LogP contribution in [-0.2, 0) is 4.79 Å². The van der Waals surface area contributed by atoms with Crippen LogP contribution < -0.4 is 14.8 Å². The van der Waals surface area contributed by atoms with E-state index in [1.807, 2.05) is 17.5 Å². The molecule has 0 aliphatic carbocycles. The molecule has 0 saturated carbocycles. The Morgan fingerprint density at radius 3 is 2.81 bits per heavy atom. The lowest BCUT2D eigenvalue weighted by Gasteiger charge is -2.08. The second-order valence-corrected chi connectivity index (χ2v) is 8.10. The molecule has 2 heterocycles. The van der Waals surface area contributed by atoms with E-state index < -0.39 is 5.82 Å². The molecule has 4 aromatic rings. The number of carbonyl (C=O) groups excluding carboxylic acids is 1. The summed E-state index contributed by atoms with van der Waals surface area (Å²) in [5, 5.41) is 16.8. The number of hydrogen-bond donors (Lipinski definition) is 1. The number of benzene rings is 2. The van der Waals surface area contributed by atoms with Gasteiger partial charge in [0, 0.05) is 10.9 Å². The highest BCUT2D eigenvalue weighted by atomic mass is 32.2. The molecular weight excluding hydrogens is 455 g/mol. The highest BCUT2D eigenvalue weighted by molar-refractivity contribution is 7.99. The number of aromatic nitrogens is 5. The van der Waals surface area contributed by atoms with Crippen LogP contribution in [0, 0.1) is 5.82 Å². The third-order valence-corrected chi connectivity index (χ3v) is 5.93. The summed E-state index contributed by atoms with van der Waals surface area (Å²) in [5.74, 6) is 0.604. The van der Waals surface area contributed by atoms with Gasteiger partial charge in [-0.05, 0) is 46.8 Å². The Hall–Kier alpha value is -3.51. The molecule has 0 aliphatic heterocycles. The number of thioether (sulfide) groups is 1. The number of nitrogens with zero attached hydrogens (tertiary/aromatic N) is 5. The molecule has 4 rings (SSSR count). The van der Waals surface area contributed by atoms with Crippen molar-refractivity contribution < 1.29 is 18.7 Å². The van der Waals surface area contributed by atoms with Gasteiger partial charge in [0.2, 0.25) is 11.1 Å². The highest BCUT2D eigenvalue weighted by Crippen LogP contribution is 2.33. The van der Waals surface area contributed by atoms with Crippen molar-refractivity contribution in [1.29, 1.82) is 0 Å². The van der Waals surface area contributed by atoms with E-state index >= 15 is 0 Å². The largest absolute Gasteiger partial charge is 0.493 e. The molecule has 1 amide bonds. The van der Waals surface area contributed by atoms with Crippen LogP contribution in [0.3, 0.4) is 0 Å². The standard InChI is InChI=1S/C20H17FN6O3S2/c1-29-16-7-6-12(8-17(16)30-2)15-10-31-19(22-15)23-18(28)11-32-20-24-25-26-27(20)14-5-3-4-13(21)9-14/h3-10H,11H2,1-2H3,(H,22,23,28). The Balaban J connectivity index is 1.39. The van der Waals surface area contributed by atoms with E-state index in [1.54, 1.807) is 32.4 Å². The van der Waals surface area contributed by atoms with Gasteiger partial charge in [0.05, 0.1) is 31.4 Å². The predicted octanol–water partition coefficient (Wildman–Crippen LogP) is 3.67. The normalized spacial score (nSPS) is 10.7. The number of ether oxygens (including phenoxy) is 2. The van der Waals surface area contributed by atoms with E-state index in [1.165, 1.54) is 28.2 Å². The minimum absolute atomic E-state index is 0.0565. The second kappa shape index (κ2) is 9.75. The zero-order valence-corrected chi connectivity index (χ0v) is 18.6. The van der Waals surface area contributed by atoms with Crippen LogP contribution in [-0.4, -0.2) is 51.1 Å². The van der Waals surface area contributed by atoms with Gasteiger partial charge in [0.15, 0.2) is 16.6 Å². The van der Waals surface area contributed by atoms with E-state index in [0.717, 1.165) is 17.3 Å². The molecule has 12 heteroatoms. The van der Waals surface area contributed by atoms with Crippen LogP contribution in [0.2, 0.25) is 0 Å². The second-order valence-electron chi connectivity index (χ2n) is 6.30. The Labute approximate surface area is 190 Å². The van der Waals surface area contributed by atoms with Crippen molar-refractivity contribution in [2.45, 2.75) is 5.16 Å². The smallest absolute Gasteiger partial charge is 0.236 e. The number of nitrogens with one attached hydrogen (secondary N) is 1. The van der Waals surface area contributed by atoms with Crippen molar-refractivity contribution in [2.75, 3.05) is 25.3 Å². The number of anilines is 1. The molecule has 0 atom stereocenters. The summed E-state index contributed by atoms with van der Waals surface area (Å²) in [6.45, 7) is 0. The number of thiazole rings is 1. The first kappa shape index (κ1) is 21.7. The highest BCUT2D eigenvalue weighted by Gasteiger charge is 2.14. The zero-order chi connectivity index (χ0) is 22.5. The first-order valence-electron chi connectivity index (χ1n) is 9.22. The summed E-state index contributed by atoms with van der Waals surface area (Å²) in [6, 6.07) is 11.4.